The molecule has 0 heterocycles. The summed E-state index contributed by atoms with van der Waals surface area (Å²) in [4.78, 5) is 35.9. The zero-order valence-corrected chi connectivity index (χ0v) is 17.8. The van der Waals surface area contributed by atoms with Gasteiger partial charge in [0.1, 0.15) is 0 Å². The smallest absolute Gasteiger partial charge is 0.344 e. The van der Waals surface area contributed by atoms with Crippen LogP contribution in [0.4, 0.5) is 0 Å². The minimum Gasteiger partial charge on any atom is -0.493 e. The van der Waals surface area contributed by atoms with E-state index >= 15 is 0 Å². The molecule has 4 atom stereocenters. The van der Waals surface area contributed by atoms with Crippen molar-refractivity contribution >= 4 is 17.7 Å². The van der Waals surface area contributed by atoms with Crippen LogP contribution in [0.15, 0.2) is 18.2 Å². The Labute approximate surface area is 172 Å². The Morgan fingerprint density at radius 3 is 2.55 bits per heavy atom. The van der Waals surface area contributed by atoms with E-state index in [4.69, 9.17) is 14.2 Å². The second-order valence-electron chi connectivity index (χ2n) is 7.72. The number of carbonyl (C=O) groups is 3. The van der Waals surface area contributed by atoms with Gasteiger partial charge in [0.05, 0.1) is 7.11 Å². The van der Waals surface area contributed by atoms with Crippen molar-refractivity contribution in [1.29, 1.82) is 0 Å². The Morgan fingerprint density at radius 2 is 1.90 bits per heavy atom. The topological polar surface area (TPSA) is 90.9 Å². The van der Waals surface area contributed by atoms with E-state index in [0.717, 1.165) is 12.8 Å². The largest absolute Gasteiger partial charge is 0.493 e. The van der Waals surface area contributed by atoms with Crippen molar-refractivity contribution in [3.8, 4) is 11.5 Å². The van der Waals surface area contributed by atoms with E-state index in [-0.39, 0.29) is 24.3 Å². The van der Waals surface area contributed by atoms with Gasteiger partial charge in [-0.1, -0.05) is 26.7 Å². The highest BCUT2D eigenvalue weighted by molar-refractivity contribution is 5.94. The van der Waals surface area contributed by atoms with Crippen LogP contribution in [0, 0.1) is 11.8 Å². The number of ether oxygens (including phenoxy) is 3. The molecule has 1 saturated carbocycles. The lowest BCUT2D eigenvalue weighted by atomic mass is 9.78. The molecule has 1 aliphatic rings. The zero-order valence-electron chi connectivity index (χ0n) is 17.8. The number of Topliss-reactive ketones (excluding diaryl/α,β-unsaturated/α-hetero) is 1. The molecular weight excluding hydrogens is 374 g/mol. The van der Waals surface area contributed by atoms with Gasteiger partial charge < -0.3 is 19.5 Å². The van der Waals surface area contributed by atoms with Gasteiger partial charge in [-0.15, -0.1) is 0 Å². The third-order valence-electron chi connectivity index (χ3n) is 5.63. The first-order valence-corrected chi connectivity index (χ1v) is 10.0. The van der Waals surface area contributed by atoms with Crippen LogP contribution in [-0.2, 0) is 14.3 Å². The second kappa shape index (κ2) is 10.3. The van der Waals surface area contributed by atoms with Gasteiger partial charge in [0.2, 0.25) is 0 Å². The number of nitrogens with one attached hydrogen (secondary N) is 1. The van der Waals surface area contributed by atoms with Gasteiger partial charge in [-0.25, -0.2) is 4.79 Å². The monoisotopic (exact) mass is 405 g/mol. The molecule has 1 aromatic rings. The standard InChI is InChI=1S/C22H31NO6/c1-13-7-6-8-18(14(13)2)23-22(26)16(4)29-21(25)12-28-19-10-9-17(15(3)24)11-20(19)27-5/h9-11,13-14,16,18H,6-8,12H2,1-5H3,(H,23,26)/t13-,14+,16+,18+/m0/s1. The number of hydrogen-bond donors (Lipinski definition) is 1. The molecule has 1 amide bonds. The molecule has 1 fully saturated rings. The first kappa shape index (κ1) is 22.7. The molecule has 1 N–H and O–H groups in total. The van der Waals surface area contributed by atoms with Crippen LogP contribution in [0.1, 0.15) is 57.3 Å². The molecule has 0 unspecified atom stereocenters. The van der Waals surface area contributed by atoms with E-state index in [1.807, 2.05) is 0 Å². The van der Waals surface area contributed by atoms with Crippen molar-refractivity contribution in [2.24, 2.45) is 11.8 Å². The highest BCUT2D eigenvalue weighted by atomic mass is 16.6. The molecular formula is C22H31NO6. The van der Waals surface area contributed by atoms with Crippen molar-refractivity contribution in [2.75, 3.05) is 13.7 Å². The second-order valence-corrected chi connectivity index (χ2v) is 7.72. The summed E-state index contributed by atoms with van der Waals surface area (Å²) < 4.78 is 15.8. The number of hydrogen-bond acceptors (Lipinski definition) is 6. The van der Waals surface area contributed by atoms with Gasteiger partial charge in [0.15, 0.2) is 30.0 Å². The van der Waals surface area contributed by atoms with Gasteiger partial charge in [0, 0.05) is 11.6 Å². The summed E-state index contributed by atoms with van der Waals surface area (Å²) in [6.45, 7) is 6.97. The SMILES string of the molecule is COc1cc(C(C)=O)ccc1OCC(=O)O[C@H](C)C(=O)N[C@@H]1CCC[C@H](C)[C@H]1C. The van der Waals surface area contributed by atoms with E-state index < -0.39 is 12.1 Å². The fourth-order valence-electron chi connectivity index (χ4n) is 3.51. The van der Waals surface area contributed by atoms with E-state index in [0.29, 0.717) is 28.9 Å². The molecule has 1 aliphatic carbocycles. The Hall–Kier alpha value is -2.57. The fraction of sp³-hybridized carbons (Fsp3) is 0.591. The van der Waals surface area contributed by atoms with Crippen LogP contribution >= 0.6 is 0 Å². The van der Waals surface area contributed by atoms with E-state index in [1.54, 1.807) is 25.1 Å². The number of ketones is 1. The van der Waals surface area contributed by atoms with Crippen LogP contribution in [0.2, 0.25) is 0 Å². The summed E-state index contributed by atoms with van der Waals surface area (Å²) in [6.07, 6.45) is 2.30. The lowest BCUT2D eigenvalue weighted by molar-refractivity contribution is -0.157. The molecule has 0 aromatic heterocycles. The average Bonchev–Trinajstić information content (AvgIpc) is 2.69. The number of rotatable bonds is 8. The van der Waals surface area contributed by atoms with Crippen LogP contribution in [0.25, 0.3) is 0 Å². The summed E-state index contributed by atoms with van der Waals surface area (Å²) in [5, 5.41) is 3.00. The van der Waals surface area contributed by atoms with Crippen LogP contribution < -0.4 is 14.8 Å². The van der Waals surface area contributed by atoms with Crippen molar-refractivity contribution in [3.63, 3.8) is 0 Å². The third-order valence-corrected chi connectivity index (χ3v) is 5.63. The Morgan fingerprint density at radius 1 is 1.17 bits per heavy atom. The maximum Gasteiger partial charge on any atom is 0.344 e. The number of esters is 1. The Balaban J connectivity index is 1.85. The molecule has 7 nitrogen and oxygen atoms in total. The summed E-state index contributed by atoms with van der Waals surface area (Å²) in [5.74, 6) is 0.557. The van der Waals surface area contributed by atoms with Crippen LogP contribution in [0.5, 0.6) is 11.5 Å². The van der Waals surface area contributed by atoms with E-state index in [2.05, 4.69) is 19.2 Å². The lowest BCUT2D eigenvalue weighted by Gasteiger charge is -2.35. The minimum atomic E-state index is -0.905. The van der Waals surface area contributed by atoms with Crippen molar-refractivity contribution in [3.05, 3.63) is 23.8 Å². The Bertz CT molecular complexity index is 747. The minimum absolute atomic E-state index is 0.101. The van der Waals surface area contributed by atoms with Gasteiger partial charge in [-0.2, -0.15) is 0 Å². The molecule has 160 valence electrons. The molecule has 1 aromatic carbocycles. The molecule has 7 heteroatoms. The summed E-state index contributed by atoms with van der Waals surface area (Å²) in [6, 6.07) is 4.80. The van der Waals surface area contributed by atoms with Crippen molar-refractivity contribution in [2.45, 2.75) is 59.1 Å². The van der Waals surface area contributed by atoms with Crippen LogP contribution in [0.3, 0.4) is 0 Å². The summed E-state index contributed by atoms with van der Waals surface area (Å²) >= 11 is 0. The maximum absolute atomic E-state index is 12.4. The van der Waals surface area contributed by atoms with Crippen molar-refractivity contribution in [1.82, 2.24) is 5.32 Å². The first-order valence-electron chi connectivity index (χ1n) is 10.0. The molecule has 0 aliphatic heterocycles. The third kappa shape index (κ3) is 6.21. The normalized spacial score (nSPS) is 22.3. The predicted molar refractivity (Wildman–Crippen MR) is 108 cm³/mol. The van der Waals surface area contributed by atoms with Crippen molar-refractivity contribution < 1.29 is 28.6 Å². The highest BCUT2D eigenvalue weighted by Gasteiger charge is 2.30. The predicted octanol–water partition coefficient (Wildman–Crippen LogP) is 3.15. The average molecular weight is 405 g/mol. The quantitative estimate of drug-likeness (QED) is 0.528. The maximum atomic E-state index is 12.4. The van der Waals surface area contributed by atoms with E-state index in [1.165, 1.54) is 20.5 Å². The molecule has 2 rings (SSSR count). The van der Waals surface area contributed by atoms with Gasteiger partial charge in [-0.05, 0) is 50.3 Å². The number of carbonyl (C=O) groups excluding carboxylic acids is 3. The molecule has 0 spiro atoms. The van der Waals surface area contributed by atoms with Gasteiger partial charge >= 0.3 is 5.97 Å². The summed E-state index contributed by atoms with van der Waals surface area (Å²) in [5.41, 5.74) is 0.480. The van der Waals surface area contributed by atoms with Crippen LogP contribution in [-0.4, -0.2) is 43.5 Å². The molecule has 0 bridgehead atoms. The van der Waals surface area contributed by atoms with E-state index in [9.17, 15) is 14.4 Å². The highest BCUT2D eigenvalue weighted by Crippen LogP contribution is 2.30. The van der Waals surface area contributed by atoms with Gasteiger partial charge in [-0.3, -0.25) is 9.59 Å². The molecule has 0 radical (unpaired) electrons. The number of amides is 1. The number of methoxy groups -OCH3 is 1. The molecule has 29 heavy (non-hydrogen) atoms. The number of benzene rings is 1. The fourth-order valence-corrected chi connectivity index (χ4v) is 3.51. The summed E-state index contributed by atoms with van der Waals surface area (Å²) in [7, 11) is 1.45. The molecule has 0 saturated heterocycles. The lowest BCUT2D eigenvalue weighted by Crippen LogP contribution is -2.47. The van der Waals surface area contributed by atoms with Gasteiger partial charge in [0.25, 0.3) is 5.91 Å². The zero-order chi connectivity index (χ0) is 21.6. The Kier molecular flexibility index (Phi) is 8.05. The first-order chi connectivity index (χ1) is 13.7.